The Labute approximate surface area is 148 Å². The van der Waals surface area contributed by atoms with Gasteiger partial charge in [0.2, 0.25) is 5.79 Å². The standard InChI is InChI=1S/C17H30O8/c1-10(9-23-12(3)18)8-11(2)13(19)14-15(20)25-17(5,22-7)16(4,21-6)24-14/h10-11,13-14,19H,8-9H2,1-7H3/t10-,11+,13+,14+,16-,17-/m0/s1. The second kappa shape index (κ2) is 8.44. The third kappa shape index (κ3) is 4.91. The van der Waals surface area contributed by atoms with Crippen molar-refractivity contribution in [2.24, 2.45) is 11.8 Å². The number of hydrogen-bond acceptors (Lipinski definition) is 8. The van der Waals surface area contributed by atoms with Gasteiger partial charge in [-0.1, -0.05) is 13.8 Å². The van der Waals surface area contributed by atoms with E-state index in [-0.39, 0.29) is 24.4 Å². The van der Waals surface area contributed by atoms with Gasteiger partial charge in [-0.15, -0.1) is 0 Å². The Hall–Kier alpha value is -1.22. The third-order valence-corrected chi connectivity index (χ3v) is 4.72. The lowest BCUT2D eigenvalue weighted by Gasteiger charge is -2.48. The molecule has 0 unspecified atom stereocenters. The Kier molecular flexibility index (Phi) is 7.37. The number of carbonyl (C=O) groups excluding carboxylic acids is 2. The molecule has 0 spiro atoms. The molecule has 0 saturated carbocycles. The van der Waals surface area contributed by atoms with E-state index in [0.29, 0.717) is 6.42 Å². The molecule has 0 bridgehead atoms. The molecule has 0 radical (unpaired) electrons. The van der Waals surface area contributed by atoms with E-state index in [0.717, 1.165) is 0 Å². The van der Waals surface area contributed by atoms with Gasteiger partial charge in [0, 0.05) is 28.1 Å². The summed E-state index contributed by atoms with van der Waals surface area (Å²) in [6, 6.07) is 0. The minimum atomic E-state index is -1.43. The highest BCUT2D eigenvalue weighted by molar-refractivity contribution is 5.76. The van der Waals surface area contributed by atoms with Crippen LogP contribution in [0.1, 0.15) is 41.0 Å². The first-order chi connectivity index (χ1) is 11.5. The highest BCUT2D eigenvalue weighted by Gasteiger charge is 2.59. The van der Waals surface area contributed by atoms with Gasteiger partial charge in [-0.2, -0.15) is 0 Å². The number of aliphatic hydroxyl groups excluding tert-OH is 1. The predicted molar refractivity (Wildman–Crippen MR) is 87.4 cm³/mol. The molecule has 1 fully saturated rings. The molecule has 6 atom stereocenters. The van der Waals surface area contributed by atoms with Crippen molar-refractivity contribution in [2.45, 2.75) is 64.8 Å². The normalized spacial score (nSPS) is 33.3. The van der Waals surface area contributed by atoms with Crippen molar-refractivity contribution in [1.82, 2.24) is 0 Å². The molecule has 146 valence electrons. The minimum Gasteiger partial charge on any atom is -0.466 e. The largest absolute Gasteiger partial charge is 0.466 e. The number of aliphatic hydroxyl groups is 1. The number of cyclic esters (lactones) is 1. The van der Waals surface area contributed by atoms with E-state index in [1.165, 1.54) is 28.1 Å². The fraction of sp³-hybridized carbons (Fsp3) is 0.882. The quantitative estimate of drug-likeness (QED) is 0.644. The van der Waals surface area contributed by atoms with Crippen LogP contribution < -0.4 is 0 Å². The molecule has 8 nitrogen and oxygen atoms in total. The van der Waals surface area contributed by atoms with Crippen LogP contribution in [0.5, 0.6) is 0 Å². The summed E-state index contributed by atoms with van der Waals surface area (Å²) in [6.07, 6.45) is -1.78. The van der Waals surface area contributed by atoms with Crippen molar-refractivity contribution in [1.29, 1.82) is 0 Å². The van der Waals surface area contributed by atoms with E-state index in [9.17, 15) is 14.7 Å². The van der Waals surface area contributed by atoms with Crippen LogP contribution in [0.25, 0.3) is 0 Å². The lowest BCUT2D eigenvalue weighted by atomic mass is 9.89. The third-order valence-electron chi connectivity index (χ3n) is 4.72. The fourth-order valence-electron chi connectivity index (χ4n) is 2.81. The molecule has 1 aliphatic rings. The van der Waals surface area contributed by atoms with Crippen molar-refractivity contribution in [3.63, 3.8) is 0 Å². The van der Waals surface area contributed by atoms with Gasteiger partial charge in [0.05, 0.1) is 12.7 Å². The Morgan fingerprint density at radius 2 is 1.80 bits per heavy atom. The van der Waals surface area contributed by atoms with Crippen LogP contribution in [-0.4, -0.2) is 61.7 Å². The Morgan fingerprint density at radius 3 is 2.28 bits per heavy atom. The zero-order chi connectivity index (χ0) is 19.4. The van der Waals surface area contributed by atoms with E-state index in [1.807, 2.05) is 6.92 Å². The van der Waals surface area contributed by atoms with Crippen LogP contribution in [0.15, 0.2) is 0 Å². The van der Waals surface area contributed by atoms with E-state index < -0.39 is 29.8 Å². The second-order valence-corrected chi connectivity index (χ2v) is 6.87. The van der Waals surface area contributed by atoms with Gasteiger partial charge in [-0.3, -0.25) is 4.79 Å². The number of hydrogen-bond donors (Lipinski definition) is 1. The molecule has 1 saturated heterocycles. The molecule has 0 amide bonds. The number of rotatable bonds is 8. The molecule has 1 heterocycles. The number of carbonyl (C=O) groups is 2. The predicted octanol–water partition coefficient (Wildman–Crippen LogP) is 1.24. The van der Waals surface area contributed by atoms with Gasteiger partial charge < -0.3 is 28.8 Å². The van der Waals surface area contributed by atoms with E-state index in [2.05, 4.69) is 0 Å². The molecular weight excluding hydrogens is 332 g/mol. The summed E-state index contributed by atoms with van der Waals surface area (Å²) in [7, 11) is 2.79. The number of ether oxygens (including phenoxy) is 5. The van der Waals surface area contributed by atoms with Crippen LogP contribution in [0.4, 0.5) is 0 Å². The molecule has 0 aromatic rings. The summed E-state index contributed by atoms with van der Waals surface area (Å²) in [5, 5.41) is 10.6. The highest BCUT2D eigenvalue weighted by Crippen LogP contribution is 2.38. The lowest BCUT2D eigenvalue weighted by molar-refractivity contribution is -0.411. The first kappa shape index (κ1) is 21.8. The molecule has 0 aliphatic carbocycles. The lowest BCUT2D eigenvalue weighted by Crippen LogP contribution is -2.66. The summed E-state index contributed by atoms with van der Waals surface area (Å²) in [4.78, 5) is 23.2. The maximum Gasteiger partial charge on any atom is 0.340 e. The first-order valence-corrected chi connectivity index (χ1v) is 8.32. The summed E-state index contributed by atoms with van der Waals surface area (Å²) in [5.74, 6) is -4.15. The zero-order valence-corrected chi connectivity index (χ0v) is 16.0. The Bertz CT molecular complexity index is 481. The van der Waals surface area contributed by atoms with Crippen LogP contribution in [-0.2, 0) is 33.3 Å². The van der Waals surface area contributed by atoms with Crippen molar-refractivity contribution in [2.75, 3.05) is 20.8 Å². The van der Waals surface area contributed by atoms with E-state index in [4.69, 9.17) is 23.7 Å². The average molecular weight is 362 g/mol. The topological polar surface area (TPSA) is 101 Å². The maximum absolute atomic E-state index is 12.3. The van der Waals surface area contributed by atoms with Gasteiger partial charge >= 0.3 is 11.9 Å². The molecule has 1 rings (SSSR count). The highest BCUT2D eigenvalue weighted by atomic mass is 16.8. The molecule has 0 aromatic heterocycles. The van der Waals surface area contributed by atoms with Gasteiger partial charge in [0.15, 0.2) is 6.10 Å². The summed E-state index contributed by atoms with van der Waals surface area (Å²) in [6.45, 7) is 8.39. The second-order valence-electron chi connectivity index (χ2n) is 6.87. The van der Waals surface area contributed by atoms with Gasteiger partial charge in [-0.25, -0.2) is 4.79 Å². The average Bonchev–Trinajstić information content (AvgIpc) is 2.55. The SMILES string of the molecule is CO[C@@]1(C)OC(=O)[C@@H]([C@H](O)[C@H](C)C[C@H](C)COC(C)=O)O[C@]1(C)OC. The van der Waals surface area contributed by atoms with Crippen LogP contribution in [0.2, 0.25) is 0 Å². The first-order valence-electron chi connectivity index (χ1n) is 8.32. The monoisotopic (exact) mass is 362 g/mol. The smallest absolute Gasteiger partial charge is 0.340 e. The van der Waals surface area contributed by atoms with Crippen molar-refractivity contribution in [3.05, 3.63) is 0 Å². The molecule has 0 aromatic carbocycles. The Balaban J connectivity index is 2.78. The van der Waals surface area contributed by atoms with E-state index in [1.54, 1.807) is 13.8 Å². The van der Waals surface area contributed by atoms with Gasteiger partial charge in [0.1, 0.15) is 0 Å². The maximum atomic E-state index is 12.3. The van der Waals surface area contributed by atoms with E-state index >= 15 is 0 Å². The summed E-state index contributed by atoms with van der Waals surface area (Å²) in [5.41, 5.74) is 0. The molecule has 8 heteroatoms. The molecular formula is C17H30O8. The van der Waals surface area contributed by atoms with Crippen molar-refractivity contribution >= 4 is 11.9 Å². The Morgan fingerprint density at radius 1 is 1.24 bits per heavy atom. The summed E-state index contributed by atoms with van der Waals surface area (Å²) < 4.78 is 26.7. The minimum absolute atomic E-state index is 0.0196. The molecule has 1 aliphatic heterocycles. The van der Waals surface area contributed by atoms with Gasteiger partial charge in [0.25, 0.3) is 5.79 Å². The van der Waals surface area contributed by atoms with Crippen LogP contribution >= 0.6 is 0 Å². The fourth-order valence-corrected chi connectivity index (χ4v) is 2.81. The van der Waals surface area contributed by atoms with Crippen molar-refractivity contribution < 1.29 is 38.4 Å². The molecule has 1 N–H and O–H groups in total. The van der Waals surface area contributed by atoms with Crippen molar-refractivity contribution in [3.8, 4) is 0 Å². The summed E-state index contributed by atoms with van der Waals surface area (Å²) >= 11 is 0. The van der Waals surface area contributed by atoms with Crippen LogP contribution in [0, 0.1) is 11.8 Å². The number of esters is 2. The van der Waals surface area contributed by atoms with Crippen LogP contribution in [0.3, 0.4) is 0 Å². The van der Waals surface area contributed by atoms with Gasteiger partial charge in [-0.05, 0) is 25.2 Å². The zero-order valence-electron chi connectivity index (χ0n) is 16.0. The number of methoxy groups -OCH3 is 2. The molecule has 25 heavy (non-hydrogen) atoms.